The third kappa shape index (κ3) is 4.57. The van der Waals surface area contributed by atoms with Crippen molar-refractivity contribution < 1.29 is 22.5 Å². The number of anilines is 1. The fraction of sp³-hybridized carbons (Fsp3) is 0.455. The number of carbonyl (C=O) groups excluding carboxylic acids is 1. The highest BCUT2D eigenvalue weighted by Gasteiger charge is 2.33. The number of thiophene rings is 1. The van der Waals surface area contributed by atoms with Crippen molar-refractivity contribution in [2.75, 3.05) is 38.0 Å². The first-order chi connectivity index (χ1) is 15.3. The predicted octanol–water partition coefficient (Wildman–Crippen LogP) is 1.41. The number of nitriles is 1. The molecule has 1 aromatic carbocycles. The van der Waals surface area contributed by atoms with Crippen LogP contribution in [0, 0.1) is 23.1 Å². The van der Waals surface area contributed by atoms with Gasteiger partial charge in [-0.25, -0.2) is 12.8 Å². The number of hydrogen-bond acceptors (Lipinski definition) is 5. The first kappa shape index (κ1) is 22.9. The molecule has 1 aliphatic carbocycles. The molecule has 1 amide bonds. The Bertz CT molecular complexity index is 1160. The molecule has 170 valence electrons. The maximum Gasteiger partial charge on any atom is 0.280 e. The molecule has 2 aliphatic rings. The van der Waals surface area contributed by atoms with E-state index >= 15 is 0 Å². The number of nitrogens with zero attached hydrogens (tertiary/aromatic N) is 2. The van der Waals surface area contributed by atoms with Crippen LogP contribution in [0.25, 0.3) is 0 Å². The molecule has 0 unspecified atom stereocenters. The van der Waals surface area contributed by atoms with E-state index in [-0.39, 0.29) is 30.4 Å². The quantitative estimate of drug-likeness (QED) is 0.681. The summed E-state index contributed by atoms with van der Waals surface area (Å²) in [6.07, 6.45) is 2.86. The molecule has 1 saturated heterocycles. The summed E-state index contributed by atoms with van der Waals surface area (Å²) in [7, 11) is -3.90. The van der Waals surface area contributed by atoms with E-state index in [1.807, 2.05) is 0 Å². The van der Waals surface area contributed by atoms with Crippen LogP contribution in [-0.2, 0) is 27.7 Å². The first-order valence-electron chi connectivity index (χ1n) is 10.7. The second-order valence-electron chi connectivity index (χ2n) is 8.48. The van der Waals surface area contributed by atoms with Gasteiger partial charge >= 0.3 is 0 Å². The minimum absolute atomic E-state index is 0.187. The van der Waals surface area contributed by atoms with Gasteiger partial charge in [0.25, 0.3) is 5.91 Å². The fourth-order valence-electron chi connectivity index (χ4n) is 4.37. The molecule has 4 rings (SSSR count). The highest BCUT2D eigenvalue weighted by atomic mass is 32.2. The van der Waals surface area contributed by atoms with Crippen LogP contribution < -0.4 is 10.2 Å². The lowest BCUT2D eigenvalue weighted by atomic mass is 9.89. The van der Waals surface area contributed by atoms with Crippen molar-refractivity contribution >= 4 is 32.3 Å². The Morgan fingerprint density at radius 3 is 2.75 bits per heavy atom. The molecule has 10 heteroatoms. The van der Waals surface area contributed by atoms with Crippen LogP contribution in [0.5, 0.6) is 0 Å². The molecule has 0 spiro atoms. The highest BCUT2D eigenvalue weighted by molar-refractivity contribution is 7.89. The third-order valence-electron chi connectivity index (χ3n) is 6.17. The van der Waals surface area contributed by atoms with E-state index < -0.39 is 15.8 Å². The topological polar surface area (TPSA) is 94.7 Å². The van der Waals surface area contributed by atoms with Crippen molar-refractivity contribution in [1.82, 2.24) is 4.31 Å². The maximum absolute atomic E-state index is 14.0. The SMILES string of the molecule is C[C@H]1CCc2c(sc(NC(=O)C[NH+]3CCN(S(=O)(=O)c4ccccc4F)CC3)c2C#N)C1. The Hall–Kier alpha value is -2.32. The van der Waals surface area contributed by atoms with Crippen molar-refractivity contribution in [1.29, 1.82) is 5.26 Å². The van der Waals surface area contributed by atoms with Crippen molar-refractivity contribution in [3.8, 4) is 6.07 Å². The first-order valence-corrected chi connectivity index (χ1v) is 13.0. The molecule has 1 atom stereocenters. The average molecular weight is 478 g/mol. The van der Waals surface area contributed by atoms with Crippen molar-refractivity contribution in [2.24, 2.45) is 5.92 Å². The summed E-state index contributed by atoms with van der Waals surface area (Å²) in [4.78, 5) is 14.5. The summed E-state index contributed by atoms with van der Waals surface area (Å²) in [5.41, 5.74) is 1.66. The van der Waals surface area contributed by atoms with Crippen LogP contribution in [0.1, 0.15) is 29.3 Å². The predicted molar refractivity (Wildman–Crippen MR) is 120 cm³/mol. The second kappa shape index (κ2) is 9.27. The monoisotopic (exact) mass is 477 g/mol. The van der Waals surface area contributed by atoms with Gasteiger partial charge in [-0.3, -0.25) is 4.79 Å². The molecule has 2 heterocycles. The number of carbonyl (C=O) groups is 1. The number of piperazine rings is 1. The summed E-state index contributed by atoms with van der Waals surface area (Å²) < 4.78 is 40.7. The van der Waals surface area contributed by atoms with E-state index in [1.54, 1.807) is 0 Å². The number of halogens is 1. The van der Waals surface area contributed by atoms with Crippen molar-refractivity contribution in [3.05, 3.63) is 46.1 Å². The van der Waals surface area contributed by atoms with E-state index in [2.05, 4.69) is 18.3 Å². The molecule has 1 aromatic heterocycles. The number of hydrogen-bond donors (Lipinski definition) is 2. The van der Waals surface area contributed by atoms with Gasteiger partial charge in [-0.1, -0.05) is 19.1 Å². The van der Waals surface area contributed by atoms with Gasteiger partial charge < -0.3 is 10.2 Å². The van der Waals surface area contributed by atoms with Crippen LogP contribution in [-0.4, -0.2) is 51.4 Å². The maximum atomic E-state index is 14.0. The van der Waals surface area contributed by atoms with E-state index in [1.165, 1.54) is 38.7 Å². The Labute approximate surface area is 191 Å². The summed E-state index contributed by atoms with van der Waals surface area (Å²) in [6.45, 7) is 3.72. The summed E-state index contributed by atoms with van der Waals surface area (Å²) in [5.74, 6) is -0.367. The normalized spacial score (nSPS) is 19.8. The van der Waals surface area contributed by atoms with Gasteiger partial charge in [-0.15, -0.1) is 11.3 Å². The lowest BCUT2D eigenvalue weighted by Gasteiger charge is -2.31. The van der Waals surface area contributed by atoms with E-state index in [9.17, 15) is 22.9 Å². The summed E-state index contributed by atoms with van der Waals surface area (Å²) >= 11 is 1.50. The minimum Gasteiger partial charge on any atom is -0.325 e. The molecule has 1 aliphatic heterocycles. The zero-order valence-electron chi connectivity index (χ0n) is 17.9. The number of quaternary nitrogens is 1. The van der Waals surface area contributed by atoms with Gasteiger partial charge in [-0.2, -0.15) is 9.57 Å². The van der Waals surface area contributed by atoms with Gasteiger partial charge in [0, 0.05) is 4.88 Å². The third-order valence-corrected chi connectivity index (χ3v) is 9.27. The molecule has 0 bridgehead atoms. The average Bonchev–Trinajstić information content (AvgIpc) is 3.09. The number of fused-ring (bicyclic) bond motifs is 1. The molecule has 7 nitrogen and oxygen atoms in total. The van der Waals surface area contributed by atoms with Crippen LogP contribution >= 0.6 is 11.3 Å². The fourth-order valence-corrected chi connectivity index (χ4v) is 7.25. The van der Waals surface area contributed by atoms with Crippen LogP contribution in [0.3, 0.4) is 0 Å². The number of benzene rings is 1. The Kier molecular flexibility index (Phi) is 6.62. The lowest BCUT2D eigenvalue weighted by Crippen LogP contribution is -3.15. The standard InChI is InChI=1S/C22H25FN4O3S2/c1-15-6-7-16-17(13-24)22(31-19(16)12-15)25-21(28)14-26-8-10-27(11-9-26)32(29,30)20-5-3-2-4-18(20)23/h2-5,15H,6-12,14H2,1H3,(H,25,28)/p+1/t15-/m0/s1. The van der Waals surface area contributed by atoms with Crippen LogP contribution in [0.2, 0.25) is 0 Å². The summed E-state index contributed by atoms with van der Waals surface area (Å²) in [6, 6.07) is 7.62. The van der Waals surface area contributed by atoms with E-state index in [0.29, 0.717) is 29.6 Å². The van der Waals surface area contributed by atoms with Gasteiger partial charge in [-0.05, 0) is 42.9 Å². The molecule has 0 saturated carbocycles. The smallest absolute Gasteiger partial charge is 0.280 e. The molecule has 0 radical (unpaired) electrons. The molecule has 1 fully saturated rings. The van der Waals surface area contributed by atoms with Crippen molar-refractivity contribution in [3.63, 3.8) is 0 Å². The molecule has 32 heavy (non-hydrogen) atoms. The minimum atomic E-state index is -3.90. The largest absolute Gasteiger partial charge is 0.325 e. The Balaban J connectivity index is 1.36. The van der Waals surface area contributed by atoms with Gasteiger partial charge in [0.05, 0.1) is 31.7 Å². The van der Waals surface area contributed by atoms with Crippen molar-refractivity contribution in [2.45, 2.75) is 31.1 Å². The number of nitrogens with one attached hydrogen (secondary N) is 2. The molecule has 2 aromatic rings. The van der Waals surface area contributed by atoms with Crippen LogP contribution in [0.4, 0.5) is 9.39 Å². The van der Waals surface area contributed by atoms with Gasteiger partial charge in [0.1, 0.15) is 21.8 Å². The lowest BCUT2D eigenvalue weighted by molar-refractivity contribution is -0.895. The molecule has 2 N–H and O–H groups in total. The van der Waals surface area contributed by atoms with Gasteiger partial charge in [0.15, 0.2) is 6.54 Å². The Morgan fingerprint density at radius 1 is 1.34 bits per heavy atom. The van der Waals surface area contributed by atoms with Crippen LogP contribution in [0.15, 0.2) is 29.2 Å². The zero-order valence-corrected chi connectivity index (χ0v) is 19.5. The van der Waals surface area contributed by atoms with Gasteiger partial charge in [0.2, 0.25) is 10.0 Å². The molecular weight excluding hydrogens is 451 g/mol. The number of amides is 1. The highest BCUT2D eigenvalue weighted by Crippen LogP contribution is 2.39. The molecular formula is C22H26FN4O3S2+. The summed E-state index contributed by atoms with van der Waals surface area (Å²) in [5, 5.41) is 13.1. The Morgan fingerprint density at radius 2 is 2.06 bits per heavy atom. The second-order valence-corrected chi connectivity index (χ2v) is 11.5. The number of rotatable bonds is 5. The number of sulfonamides is 1. The zero-order chi connectivity index (χ0) is 22.9. The van der Waals surface area contributed by atoms with E-state index in [4.69, 9.17) is 0 Å². The van der Waals surface area contributed by atoms with E-state index in [0.717, 1.165) is 35.8 Å².